The lowest BCUT2D eigenvalue weighted by atomic mass is 10.0. The fourth-order valence-electron chi connectivity index (χ4n) is 2.24. The Morgan fingerprint density at radius 3 is 2.84 bits per heavy atom. The van der Waals surface area contributed by atoms with E-state index in [0.29, 0.717) is 12.8 Å². The standard InChI is InChI=1S/C14H17FN2O2/c1-9(10-4-3-5-11(15)8-10)16-12-6-7-13(18)17(2)14(12)19/h3-5,8-9,12,16H,6-7H2,1-2H3. The molecule has 1 saturated heterocycles. The first-order valence-electron chi connectivity index (χ1n) is 6.31. The number of amides is 2. The quantitative estimate of drug-likeness (QED) is 0.844. The van der Waals surface area contributed by atoms with Crippen LogP contribution in [0.4, 0.5) is 4.39 Å². The second kappa shape index (κ2) is 5.48. The zero-order chi connectivity index (χ0) is 14.0. The van der Waals surface area contributed by atoms with Crippen LogP contribution in [-0.4, -0.2) is 29.8 Å². The Morgan fingerprint density at radius 2 is 2.16 bits per heavy atom. The predicted molar refractivity (Wildman–Crippen MR) is 68.7 cm³/mol. The summed E-state index contributed by atoms with van der Waals surface area (Å²) >= 11 is 0. The van der Waals surface area contributed by atoms with Gasteiger partial charge < -0.3 is 0 Å². The van der Waals surface area contributed by atoms with Crippen LogP contribution < -0.4 is 5.32 Å². The molecule has 2 amide bonds. The smallest absolute Gasteiger partial charge is 0.246 e. The molecule has 102 valence electrons. The molecule has 1 aliphatic heterocycles. The van der Waals surface area contributed by atoms with E-state index >= 15 is 0 Å². The van der Waals surface area contributed by atoms with Gasteiger partial charge in [0.2, 0.25) is 11.8 Å². The molecule has 0 saturated carbocycles. The summed E-state index contributed by atoms with van der Waals surface area (Å²) in [5, 5.41) is 3.15. The van der Waals surface area contributed by atoms with Crippen molar-refractivity contribution in [3.63, 3.8) is 0 Å². The fourth-order valence-corrected chi connectivity index (χ4v) is 2.24. The Bertz CT molecular complexity index is 504. The highest BCUT2D eigenvalue weighted by Crippen LogP contribution is 2.18. The maximum atomic E-state index is 13.1. The minimum atomic E-state index is -0.388. The van der Waals surface area contributed by atoms with Crippen molar-refractivity contribution >= 4 is 11.8 Å². The summed E-state index contributed by atoms with van der Waals surface area (Å²) in [7, 11) is 1.49. The first-order chi connectivity index (χ1) is 8.99. The van der Waals surface area contributed by atoms with Crippen molar-refractivity contribution in [2.45, 2.75) is 31.8 Å². The number of imide groups is 1. The molecule has 1 aliphatic rings. The third kappa shape index (κ3) is 2.98. The molecule has 0 bridgehead atoms. The van der Waals surface area contributed by atoms with E-state index in [1.165, 1.54) is 19.2 Å². The number of halogens is 1. The lowest BCUT2D eigenvalue weighted by Gasteiger charge is -2.30. The average molecular weight is 264 g/mol. The Kier molecular flexibility index (Phi) is 3.95. The Labute approximate surface area is 111 Å². The Balaban J connectivity index is 2.05. The number of benzene rings is 1. The van der Waals surface area contributed by atoms with Gasteiger partial charge in [0.25, 0.3) is 0 Å². The molecule has 2 rings (SSSR count). The number of hydrogen-bond donors (Lipinski definition) is 1. The van der Waals surface area contributed by atoms with Gasteiger partial charge in [-0.05, 0) is 31.0 Å². The van der Waals surface area contributed by atoms with Crippen LogP contribution in [-0.2, 0) is 9.59 Å². The van der Waals surface area contributed by atoms with Gasteiger partial charge in [0.05, 0.1) is 6.04 Å². The summed E-state index contributed by atoms with van der Waals surface area (Å²) in [5.41, 5.74) is 0.785. The van der Waals surface area contributed by atoms with E-state index in [0.717, 1.165) is 10.5 Å². The van der Waals surface area contributed by atoms with Crippen LogP contribution >= 0.6 is 0 Å². The van der Waals surface area contributed by atoms with Crippen LogP contribution in [0, 0.1) is 5.82 Å². The van der Waals surface area contributed by atoms with Crippen LogP contribution in [0.15, 0.2) is 24.3 Å². The topological polar surface area (TPSA) is 49.4 Å². The van der Waals surface area contributed by atoms with E-state index in [-0.39, 0.29) is 29.7 Å². The first-order valence-corrected chi connectivity index (χ1v) is 6.31. The maximum Gasteiger partial charge on any atom is 0.246 e. The Morgan fingerprint density at radius 1 is 1.42 bits per heavy atom. The van der Waals surface area contributed by atoms with Crippen molar-refractivity contribution < 1.29 is 14.0 Å². The van der Waals surface area contributed by atoms with Crippen molar-refractivity contribution in [3.05, 3.63) is 35.6 Å². The third-order valence-electron chi connectivity index (χ3n) is 3.45. The maximum absolute atomic E-state index is 13.1. The number of piperidine rings is 1. The number of nitrogens with zero attached hydrogens (tertiary/aromatic N) is 1. The fraction of sp³-hybridized carbons (Fsp3) is 0.429. The molecular weight excluding hydrogens is 247 g/mol. The summed E-state index contributed by atoms with van der Waals surface area (Å²) in [5.74, 6) is -0.672. The predicted octanol–water partition coefficient (Wildman–Crippen LogP) is 1.62. The second-order valence-corrected chi connectivity index (χ2v) is 4.83. The molecule has 1 aromatic carbocycles. The normalized spacial score (nSPS) is 21.6. The van der Waals surface area contributed by atoms with E-state index in [1.54, 1.807) is 6.07 Å². The highest BCUT2D eigenvalue weighted by molar-refractivity contribution is 6.00. The van der Waals surface area contributed by atoms with Crippen molar-refractivity contribution in [1.29, 1.82) is 0 Å². The molecule has 0 spiro atoms. The second-order valence-electron chi connectivity index (χ2n) is 4.83. The van der Waals surface area contributed by atoms with Crippen molar-refractivity contribution in [1.82, 2.24) is 10.2 Å². The Hall–Kier alpha value is -1.75. The molecule has 1 N–H and O–H groups in total. The first kappa shape index (κ1) is 13.7. The van der Waals surface area contributed by atoms with Gasteiger partial charge in [0.1, 0.15) is 5.82 Å². The van der Waals surface area contributed by atoms with Gasteiger partial charge >= 0.3 is 0 Å². The molecule has 1 fully saturated rings. The molecular formula is C14H17FN2O2. The average Bonchev–Trinajstić information content (AvgIpc) is 2.39. The molecule has 0 aliphatic carbocycles. The number of carbonyl (C=O) groups excluding carboxylic acids is 2. The molecule has 1 heterocycles. The summed E-state index contributed by atoms with van der Waals surface area (Å²) < 4.78 is 13.1. The van der Waals surface area contributed by atoms with Crippen LogP contribution in [0.2, 0.25) is 0 Å². The van der Waals surface area contributed by atoms with Crippen LogP contribution in [0.25, 0.3) is 0 Å². The van der Waals surface area contributed by atoms with Gasteiger partial charge in [-0.2, -0.15) is 0 Å². The number of likely N-dealkylation sites (N-methyl/N-ethyl adjacent to an activating group) is 1. The highest BCUT2D eigenvalue weighted by Gasteiger charge is 2.32. The van der Waals surface area contributed by atoms with Crippen molar-refractivity contribution in [2.24, 2.45) is 0 Å². The number of hydrogen-bond acceptors (Lipinski definition) is 3. The van der Waals surface area contributed by atoms with Crippen molar-refractivity contribution in [2.75, 3.05) is 7.05 Å². The van der Waals surface area contributed by atoms with Gasteiger partial charge in [-0.25, -0.2) is 4.39 Å². The number of likely N-dealkylation sites (tertiary alicyclic amines) is 1. The molecule has 2 atom stereocenters. The summed E-state index contributed by atoms with van der Waals surface area (Å²) in [6.45, 7) is 1.87. The van der Waals surface area contributed by atoms with E-state index in [2.05, 4.69) is 5.32 Å². The summed E-state index contributed by atoms with van der Waals surface area (Å²) in [6.07, 6.45) is 0.845. The summed E-state index contributed by atoms with van der Waals surface area (Å²) in [6, 6.07) is 5.74. The van der Waals surface area contributed by atoms with Gasteiger partial charge in [-0.1, -0.05) is 12.1 Å². The van der Waals surface area contributed by atoms with E-state index in [1.807, 2.05) is 13.0 Å². The molecule has 4 nitrogen and oxygen atoms in total. The zero-order valence-corrected chi connectivity index (χ0v) is 11.0. The van der Waals surface area contributed by atoms with Gasteiger partial charge in [-0.15, -0.1) is 0 Å². The van der Waals surface area contributed by atoms with Gasteiger partial charge in [-0.3, -0.25) is 19.8 Å². The lowest BCUT2D eigenvalue weighted by molar-refractivity contribution is -0.148. The third-order valence-corrected chi connectivity index (χ3v) is 3.45. The lowest BCUT2D eigenvalue weighted by Crippen LogP contribution is -2.51. The molecule has 0 aromatic heterocycles. The highest BCUT2D eigenvalue weighted by atomic mass is 19.1. The number of nitrogens with one attached hydrogen (secondary N) is 1. The molecule has 0 radical (unpaired) electrons. The molecule has 19 heavy (non-hydrogen) atoms. The zero-order valence-electron chi connectivity index (χ0n) is 11.0. The minimum absolute atomic E-state index is 0.147. The van der Waals surface area contributed by atoms with Crippen LogP contribution in [0.1, 0.15) is 31.4 Å². The largest absolute Gasteiger partial charge is 0.299 e. The van der Waals surface area contributed by atoms with Crippen LogP contribution in [0.5, 0.6) is 0 Å². The molecule has 5 heteroatoms. The van der Waals surface area contributed by atoms with E-state index in [9.17, 15) is 14.0 Å². The van der Waals surface area contributed by atoms with E-state index in [4.69, 9.17) is 0 Å². The van der Waals surface area contributed by atoms with Crippen LogP contribution in [0.3, 0.4) is 0 Å². The number of carbonyl (C=O) groups is 2. The molecule has 2 unspecified atom stereocenters. The summed E-state index contributed by atoms with van der Waals surface area (Å²) in [4.78, 5) is 24.5. The monoisotopic (exact) mass is 264 g/mol. The molecule has 1 aromatic rings. The van der Waals surface area contributed by atoms with Gasteiger partial charge in [0.15, 0.2) is 0 Å². The number of rotatable bonds is 3. The van der Waals surface area contributed by atoms with Gasteiger partial charge in [0, 0.05) is 19.5 Å². The minimum Gasteiger partial charge on any atom is -0.299 e. The van der Waals surface area contributed by atoms with Crippen molar-refractivity contribution in [3.8, 4) is 0 Å². The SMILES string of the molecule is CC(NC1CCC(=O)N(C)C1=O)c1cccc(F)c1. The van der Waals surface area contributed by atoms with E-state index < -0.39 is 0 Å².